The highest BCUT2D eigenvalue weighted by molar-refractivity contribution is 6.00. The number of aromatic nitrogens is 2. The normalized spacial score (nSPS) is 12.7. The van der Waals surface area contributed by atoms with Gasteiger partial charge in [0.15, 0.2) is 11.5 Å². The van der Waals surface area contributed by atoms with Crippen molar-refractivity contribution in [1.29, 1.82) is 0 Å². The summed E-state index contributed by atoms with van der Waals surface area (Å²) in [6.45, 7) is 2.01. The molecule has 0 saturated carbocycles. The third kappa shape index (κ3) is 4.80. The number of carbonyl (C=O) groups excluding carboxylic acids is 1. The maximum atomic E-state index is 12.8. The SMILES string of the molecule is Cn1cc(C(=O)NCCNc2ccc([N+](=O)[O-])cc2)c(-c2ccc3c(c2)OCCCO3)n1. The second kappa shape index (κ2) is 9.38. The van der Waals surface area contributed by atoms with Crippen molar-refractivity contribution in [3.05, 3.63) is 64.3 Å². The first kappa shape index (κ1) is 21.2. The zero-order valence-corrected chi connectivity index (χ0v) is 17.5. The lowest BCUT2D eigenvalue weighted by Crippen LogP contribution is -2.28. The Bertz CT molecular complexity index is 1130. The lowest BCUT2D eigenvalue weighted by molar-refractivity contribution is -0.384. The quantitative estimate of drug-likeness (QED) is 0.331. The molecule has 32 heavy (non-hydrogen) atoms. The number of ether oxygens (including phenoxy) is 2. The molecule has 2 aromatic carbocycles. The Morgan fingerprint density at radius 1 is 1.12 bits per heavy atom. The van der Waals surface area contributed by atoms with Gasteiger partial charge in [0.2, 0.25) is 0 Å². The van der Waals surface area contributed by atoms with Crippen LogP contribution < -0.4 is 20.1 Å². The van der Waals surface area contributed by atoms with Crippen molar-refractivity contribution in [1.82, 2.24) is 15.1 Å². The van der Waals surface area contributed by atoms with Gasteiger partial charge < -0.3 is 20.1 Å². The minimum Gasteiger partial charge on any atom is -0.490 e. The van der Waals surface area contributed by atoms with Gasteiger partial charge in [0.25, 0.3) is 11.6 Å². The summed E-state index contributed by atoms with van der Waals surface area (Å²) in [6.07, 6.45) is 2.49. The number of hydrogen-bond acceptors (Lipinski definition) is 7. The summed E-state index contributed by atoms with van der Waals surface area (Å²) in [5.41, 5.74) is 2.55. The molecule has 4 rings (SSSR count). The standard InChI is InChI=1S/C22H23N5O5/c1-26-14-18(21(25-26)15-3-8-19-20(13-15)32-12-2-11-31-19)22(28)24-10-9-23-16-4-6-17(7-5-16)27(29)30/h3-8,13-14,23H,2,9-12H2,1H3,(H,24,28). The highest BCUT2D eigenvalue weighted by atomic mass is 16.6. The van der Waals surface area contributed by atoms with E-state index in [9.17, 15) is 14.9 Å². The molecule has 0 radical (unpaired) electrons. The van der Waals surface area contributed by atoms with E-state index < -0.39 is 4.92 Å². The minimum atomic E-state index is -0.446. The molecule has 1 aliphatic heterocycles. The van der Waals surface area contributed by atoms with E-state index in [1.807, 2.05) is 18.2 Å². The molecule has 0 fully saturated rings. The highest BCUT2D eigenvalue weighted by Gasteiger charge is 2.19. The fourth-order valence-electron chi connectivity index (χ4n) is 3.36. The molecule has 2 N–H and O–H groups in total. The van der Waals surface area contributed by atoms with Crippen molar-refractivity contribution < 1.29 is 19.2 Å². The summed E-state index contributed by atoms with van der Waals surface area (Å²) < 4.78 is 13.0. The Hall–Kier alpha value is -4.08. The van der Waals surface area contributed by atoms with E-state index in [4.69, 9.17) is 9.47 Å². The number of amides is 1. The van der Waals surface area contributed by atoms with Crippen LogP contribution >= 0.6 is 0 Å². The Balaban J connectivity index is 1.39. The van der Waals surface area contributed by atoms with Gasteiger partial charge in [-0.1, -0.05) is 0 Å². The first-order valence-corrected chi connectivity index (χ1v) is 10.2. The Morgan fingerprint density at radius 3 is 2.62 bits per heavy atom. The first-order valence-electron chi connectivity index (χ1n) is 10.2. The van der Waals surface area contributed by atoms with E-state index in [0.29, 0.717) is 49.1 Å². The summed E-state index contributed by atoms with van der Waals surface area (Å²) in [6, 6.07) is 11.7. The van der Waals surface area contributed by atoms with Gasteiger partial charge in [0.1, 0.15) is 5.69 Å². The number of carbonyl (C=O) groups is 1. The third-order valence-corrected chi connectivity index (χ3v) is 4.91. The van der Waals surface area contributed by atoms with Gasteiger partial charge in [-0.2, -0.15) is 5.10 Å². The predicted molar refractivity (Wildman–Crippen MR) is 118 cm³/mol. The molecule has 10 heteroatoms. The maximum Gasteiger partial charge on any atom is 0.269 e. The third-order valence-electron chi connectivity index (χ3n) is 4.91. The van der Waals surface area contributed by atoms with E-state index >= 15 is 0 Å². The molecule has 166 valence electrons. The number of rotatable bonds is 7. The van der Waals surface area contributed by atoms with Crippen LogP contribution in [0.4, 0.5) is 11.4 Å². The van der Waals surface area contributed by atoms with Crippen molar-refractivity contribution in [2.75, 3.05) is 31.6 Å². The molecule has 3 aromatic rings. The van der Waals surface area contributed by atoms with Crippen molar-refractivity contribution >= 4 is 17.3 Å². The molecular weight excluding hydrogens is 414 g/mol. The smallest absolute Gasteiger partial charge is 0.269 e. The fourth-order valence-corrected chi connectivity index (χ4v) is 3.36. The average molecular weight is 437 g/mol. The summed E-state index contributed by atoms with van der Waals surface area (Å²) in [7, 11) is 1.76. The van der Waals surface area contributed by atoms with Crippen LogP contribution in [0.25, 0.3) is 11.3 Å². The van der Waals surface area contributed by atoms with Crippen LogP contribution in [-0.2, 0) is 7.05 Å². The summed E-state index contributed by atoms with van der Waals surface area (Å²) >= 11 is 0. The van der Waals surface area contributed by atoms with E-state index in [2.05, 4.69) is 15.7 Å². The van der Waals surface area contributed by atoms with Crippen LogP contribution in [0.5, 0.6) is 11.5 Å². The molecule has 1 amide bonds. The van der Waals surface area contributed by atoms with Crippen molar-refractivity contribution in [2.45, 2.75) is 6.42 Å². The maximum absolute atomic E-state index is 12.8. The summed E-state index contributed by atoms with van der Waals surface area (Å²) in [4.78, 5) is 23.1. The van der Waals surface area contributed by atoms with Gasteiger partial charge in [0, 0.05) is 56.1 Å². The van der Waals surface area contributed by atoms with Crippen molar-refractivity contribution in [3.63, 3.8) is 0 Å². The van der Waals surface area contributed by atoms with Crippen LogP contribution in [0.1, 0.15) is 16.8 Å². The van der Waals surface area contributed by atoms with E-state index in [1.165, 1.54) is 12.1 Å². The zero-order valence-electron chi connectivity index (χ0n) is 17.5. The van der Waals surface area contributed by atoms with E-state index in [0.717, 1.165) is 17.7 Å². The number of nitro groups is 1. The molecule has 0 aliphatic carbocycles. The number of aryl methyl sites for hydroxylation is 1. The number of benzene rings is 2. The van der Waals surface area contributed by atoms with Gasteiger partial charge in [-0.15, -0.1) is 0 Å². The van der Waals surface area contributed by atoms with Gasteiger partial charge in [0.05, 0.1) is 23.7 Å². The number of non-ortho nitro benzene ring substituents is 1. The number of nitrogens with zero attached hydrogens (tertiary/aromatic N) is 3. The Labute approximate surface area is 184 Å². The number of anilines is 1. The molecule has 2 heterocycles. The molecular formula is C22H23N5O5. The van der Waals surface area contributed by atoms with Gasteiger partial charge >= 0.3 is 0 Å². The van der Waals surface area contributed by atoms with Crippen LogP contribution in [0.2, 0.25) is 0 Å². The zero-order chi connectivity index (χ0) is 22.5. The van der Waals surface area contributed by atoms with Crippen LogP contribution in [0.3, 0.4) is 0 Å². The largest absolute Gasteiger partial charge is 0.490 e. The van der Waals surface area contributed by atoms with E-state index in [-0.39, 0.29) is 11.6 Å². The van der Waals surface area contributed by atoms with Crippen LogP contribution in [0.15, 0.2) is 48.7 Å². The summed E-state index contributed by atoms with van der Waals surface area (Å²) in [5, 5.41) is 21.2. The number of nitrogens with one attached hydrogen (secondary N) is 2. The lowest BCUT2D eigenvalue weighted by atomic mass is 10.1. The molecule has 1 aliphatic rings. The summed E-state index contributed by atoms with van der Waals surface area (Å²) in [5.74, 6) is 1.08. The minimum absolute atomic E-state index is 0.0303. The van der Waals surface area contributed by atoms with E-state index in [1.54, 1.807) is 30.1 Å². The second-order valence-electron chi connectivity index (χ2n) is 7.26. The second-order valence-corrected chi connectivity index (χ2v) is 7.26. The predicted octanol–water partition coefficient (Wildman–Crippen LogP) is 3.00. The van der Waals surface area contributed by atoms with Crippen LogP contribution in [0, 0.1) is 10.1 Å². The molecule has 0 unspecified atom stereocenters. The average Bonchev–Trinajstić information content (AvgIpc) is 3.03. The van der Waals surface area contributed by atoms with Gasteiger partial charge in [-0.3, -0.25) is 19.6 Å². The highest BCUT2D eigenvalue weighted by Crippen LogP contribution is 2.34. The van der Waals surface area contributed by atoms with Gasteiger partial charge in [-0.05, 0) is 30.3 Å². The molecule has 1 aromatic heterocycles. The number of nitro benzene ring substituents is 1. The van der Waals surface area contributed by atoms with Crippen molar-refractivity contribution in [3.8, 4) is 22.8 Å². The Kier molecular flexibility index (Phi) is 6.20. The number of fused-ring (bicyclic) bond motifs is 1. The molecule has 10 nitrogen and oxygen atoms in total. The number of hydrogen-bond donors (Lipinski definition) is 2. The molecule has 0 saturated heterocycles. The topological polar surface area (TPSA) is 121 Å². The monoisotopic (exact) mass is 437 g/mol. The van der Waals surface area contributed by atoms with Crippen molar-refractivity contribution in [2.24, 2.45) is 7.05 Å². The van der Waals surface area contributed by atoms with Crippen LogP contribution in [-0.4, -0.2) is 46.9 Å². The Morgan fingerprint density at radius 2 is 1.88 bits per heavy atom. The molecule has 0 atom stereocenters. The van der Waals surface area contributed by atoms with Gasteiger partial charge in [-0.25, -0.2) is 0 Å². The first-order chi connectivity index (χ1) is 15.5. The molecule has 0 bridgehead atoms. The fraction of sp³-hybridized carbons (Fsp3) is 0.273. The molecule has 0 spiro atoms. The lowest BCUT2D eigenvalue weighted by Gasteiger charge is -2.10.